The molecule has 0 bridgehead atoms. The molecule has 0 aromatic heterocycles. The Bertz CT molecular complexity index is 527. The number of sulfone groups is 1. The number of benzene rings is 1. The summed E-state index contributed by atoms with van der Waals surface area (Å²) < 4.78 is 48.0. The Morgan fingerprint density at radius 1 is 1.28 bits per heavy atom. The van der Waals surface area contributed by atoms with Crippen molar-refractivity contribution >= 4 is 15.5 Å². The monoisotopic (exact) mass is 277 g/mol. The molecular weight excluding hydrogens is 264 g/mol. The third-order valence-electron chi connectivity index (χ3n) is 2.90. The molecule has 7 heteroatoms. The van der Waals surface area contributed by atoms with Crippen LogP contribution in [-0.4, -0.2) is 31.4 Å². The maximum absolute atomic E-state index is 12.5. The molecule has 1 aliphatic carbocycles. The van der Waals surface area contributed by atoms with Crippen LogP contribution in [0.1, 0.15) is 12.8 Å². The summed E-state index contributed by atoms with van der Waals surface area (Å²) in [6.45, 7) is 0. The number of aliphatic hydroxyl groups is 1. The molecular formula is C11H13F2NO3S. The molecule has 18 heavy (non-hydrogen) atoms. The van der Waals surface area contributed by atoms with E-state index in [1.807, 2.05) is 0 Å². The van der Waals surface area contributed by atoms with Crippen LogP contribution in [0.15, 0.2) is 29.2 Å². The van der Waals surface area contributed by atoms with Crippen molar-refractivity contribution in [2.45, 2.75) is 35.6 Å². The van der Waals surface area contributed by atoms with E-state index < -0.39 is 26.6 Å². The van der Waals surface area contributed by atoms with E-state index in [2.05, 4.69) is 5.32 Å². The minimum absolute atomic E-state index is 0.0750. The summed E-state index contributed by atoms with van der Waals surface area (Å²) in [6.07, 6.45) is 0.577. The van der Waals surface area contributed by atoms with Gasteiger partial charge in [0.2, 0.25) is 9.84 Å². The molecule has 1 aromatic rings. The lowest BCUT2D eigenvalue weighted by molar-refractivity contribution is 0.0836. The van der Waals surface area contributed by atoms with Gasteiger partial charge in [0.25, 0.3) is 0 Å². The predicted octanol–water partition coefficient (Wildman–Crippen LogP) is 1.62. The van der Waals surface area contributed by atoms with Gasteiger partial charge in [0.1, 0.15) is 0 Å². The van der Waals surface area contributed by atoms with Gasteiger partial charge in [-0.15, -0.1) is 0 Å². The van der Waals surface area contributed by atoms with Crippen LogP contribution in [0.4, 0.5) is 14.5 Å². The summed E-state index contributed by atoms with van der Waals surface area (Å²) in [7, 11) is -4.61. The van der Waals surface area contributed by atoms with Crippen LogP contribution in [0.3, 0.4) is 0 Å². The van der Waals surface area contributed by atoms with E-state index in [0.29, 0.717) is 12.8 Å². The SMILES string of the molecule is O=S(=O)(c1ccccc1NC1CC(O)C1)C(F)F. The first-order valence-corrected chi connectivity index (χ1v) is 7.01. The second kappa shape index (κ2) is 4.81. The van der Waals surface area contributed by atoms with Crippen molar-refractivity contribution in [2.24, 2.45) is 0 Å². The standard InChI is InChI=1S/C11H13F2NO3S/c12-11(13)18(16,17)10-4-2-1-3-9(10)14-7-5-8(15)6-7/h1-4,7-8,11,14-15H,5-6H2. The summed E-state index contributed by atoms with van der Waals surface area (Å²) in [5.41, 5.74) is 0.162. The highest BCUT2D eigenvalue weighted by molar-refractivity contribution is 7.91. The van der Waals surface area contributed by atoms with Gasteiger partial charge in [0.15, 0.2) is 0 Å². The number of nitrogens with one attached hydrogen (secondary N) is 1. The van der Waals surface area contributed by atoms with E-state index in [1.165, 1.54) is 12.1 Å². The summed E-state index contributed by atoms with van der Waals surface area (Å²) in [5.74, 6) is -3.44. The van der Waals surface area contributed by atoms with Crippen molar-refractivity contribution in [1.29, 1.82) is 0 Å². The molecule has 1 aromatic carbocycles. The molecule has 2 N–H and O–H groups in total. The Morgan fingerprint density at radius 3 is 2.44 bits per heavy atom. The van der Waals surface area contributed by atoms with Crippen molar-refractivity contribution < 1.29 is 22.3 Å². The van der Waals surface area contributed by atoms with E-state index in [0.717, 1.165) is 6.07 Å². The van der Waals surface area contributed by atoms with Gasteiger partial charge < -0.3 is 10.4 Å². The van der Waals surface area contributed by atoms with E-state index >= 15 is 0 Å². The molecule has 0 amide bonds. The van der Waals surface area contributed by atoms with Crippen LogP contribution in [0.25, 0.3) is 0 Å². The molecule has 0 unspecified atom stereocenters. The molecule has 0 atom stereocenters. The molecule has 0 saturated heterocycles. The van der Waals surface area contributed by atoms with Gasteiger partial charge in [-0.05, 0) is 25.0 Å². The summed E-state index contributed by atoms with van der Waals surface area (Å²) >= 11 is 0. The molecule has 1 saturated carbocycles. The highest BCUT2D eigenvalue weighted by Gasteiger charge is 2.32. The zero-order valence-corrected chi connectivity index (χ0v) is 10.2. The third-order valence-corrected chi connectivity index (χ3v) is 4.34. The average Bonchev–Trinajstić information content (AvgIpc) is 2.27. The molecule has 100 valence electrons. The first-order chi connectivity index (χ1) is 8.41. The van der Waals surface area contributed by atoms with Gasteiger partial charge in [-0.3, -0.25) is 0 Å². The van der Waals surface area contributed by atoms with Gasteiger partial charge in [-0.25, -0.2) is 8.42 Å². The predicted molar refractivity (Wildman–Crippen MR) is 62.3 cm³/mol. The highest BCUT2D eigenvalue weighted by atomic mass is 32.2. The maximum atomic E-state index is 12.5. The fraction of sp³-hybridized carbons (Fsp3) is 0.455. The van der Waals surface area contributed by atoms with E-state index in [4.69, 9.17) is 5.11 Å². The Hall–Kier alpha value is -1.21. The maximum Gasteiger partial charge on any atom is 0.341 e. The minimum atomic E-state index is -4.61. The van der Waals surface area contributed by atoms with Crippen LogP contribution >= 0.6 is 0 Å². The molecule has 4 nitrogen and oxygen atoms in total. The molecule has 1 aliphatic rings. The Balaban J connectivity index is 2.26. The topological polar surface area (TPSA) is 66.4 Å². The van der Waals surface area contributed by atoms with Crippen molar-refractivity contribution in [2.75, 3.05) is 5.32 Å². The number of anilines is 1. The van der Waals surface area contributed by atoms with Crippen molar-refractivity contribution in [1.82, 2.24) is 0 Å². The average molecular weight is 277 g/mol. The molecule has 0 aliphatic heterocycles. The molecule has 0 radical (unpaired) electrons. The second-order valence-corrected chi connectivity index (χ2v) is 6.15. The first kappa shape index (κ1) is 13.2. The van der Waals surface area contributed by atoms with E-state index in [-0.39, 0.29) is 11.7 Å². The number of hydrogen-bond acceptors (Lipinski definition) is 4. The van der Waals surface area contributed by atoms with Gasteiger partial charge in [0, 0.05) is 6.04 Å². The van der Waals surface area contributed by atoms with Crippen LogP contribution in [0.2, 0.25) is 0 Å². The van der Waals surface area contributed by atoms with Gasteiger partial charge in [0.05, 0.1) is 16.7 Å². The third kappa shape index (κ3) is 2.46. The number of halogens is 2. The largest absolute Gasteiger partial charge is 0.393 e. The quantitative estimate of drug-likeness (QED) is 0.877. The molecule has 2 rings (SSSR count). The summed E-state index contributed by atoms with van der Waals surface area (Å²) in [5, 5.41) is 12.0. The fourth-order valence-corrected chi connectivity index (χ4v) is 2.75. The smallest absolute Gasteiger partial charge is 0.341 e. The van der Waals surface area contributed by atoms with Crippen molar-refractivity contribution in [3.8, 4) is 0 Å². The number of para-hydroxylation sites is 1. The Morgan fingerprint density at radius 2 is 1.89 bits per heavy atom. The van der Waals surface area contributed by atoms with Crippen molar-refractivity contribution in [3.05, 3.63) is 24.3 Å². The van der Waals surface area contributed by atoms with Gasteiger partial charge in [-0.1, -0.05) is 12.1 Å². The molecule has 0 spiro atoms. The molecule has 1 fully saturated rings. The van der Waals surface area contributed by atoms with Crippen LogP contribution < -0.4 is 5.32 Å². The Labute approximate surface area is 104 Å². The van der Waals surface area contributed by atoms with Gasteiger partial charge in [-0.2, -0.15) is 8.78 Å². The lowest BCUT2D eigenvalue weighted by Crippen LogP contribution is -2.39. The lowest BCUT2D eigenvalue weighted by Gasteiger charge is -2.33. The summed E-state index contributed by atoms with van der Waals surface area (Å²) in [4.78, 5) is -0.401. The normalized spacial score (nSPS) is 23.8. The van der Waals surface area contributed by atoms with Gasteiger partial charge >= 0.3 is 5.76 Å². The number of hydrogen-bond donors (Lipinski definition) is 2. The summed E-state index contributed by atoms with van der Waals surface area (Å²) in [6, 6.07) is 5.49. The lowest BCUT2D eigenvalue weighted by atomic mass is 9.89. The second-order valence-electron chi connectivity index (χ2n) is 4.27. The van der Waals surface area contributed by atoms with E-state index in [1.54, 1.807) is 6.07 Å². The fourth-order valence-electron chi connectivity index (χ4n) is 1.86. The highest BCUT2D eigenvalue weighted by Crippen LogP contribution is 2.30. The van der Waals surface area contributed by atoms with Crippen LogP contribution in [0, 0.1) is 0 Å². The minimum Gasteiger partial charge on any atom is -0.393 e. The molecule has 0 heterocycles. The number of alkyl halides is 2. The van der Waals surface area contributed by atoms with Crippen molar-refractivity contribution in [3.63, 3.8) is 0 Å². The Kier molecular flexibility index (Phi) is 3.54. The zero-order chi connectivity index (χ0) is 13.3. The van der Waals surface area contributed by atoms with Crippen LogP contribution in [-0.2, 0) is 9.84 Å². The first-order valence-electron chi connectivity index (χ1n) is 5.47. The van der Waals surface area contributed by atoms with Crippen LogP contribution in [0.5, 0.6) is 0 Å². The van der Waals surface area contributed by atoms with E-state index in [9.17, 15) is 17.2 Å². The number of rotatable bonds is 4. The zero-order valence-electron chi connectivity index (χ0n) is 9.38. The number of aliphatic hydroxyl groups excluding tert-OH is 1.